The van der Waals surface area contributed by atoms with Gasteiger partial charge in [0.2, 0.25) is 5.91 Å². The molecule has 0 aromatic heterocycles. The van der Waals surface area contributed by atoms with Crippen molar-refractivity contribution in [3.63, 3.8) is 0 Å². The lowest BCUT2D eigenvalue weighted by molar-refractivity contribution is -0.142. The lowest BCUT2D eigenvalue weighted by Gasteiger charge is -2.40. The Morgan fingerprint density at radius 1 is 1.33 bits per heavy atom. The minimum atomic E-state index is -0.775. The molecule has 0 spiro atoms. The molecule has 0 aromatic rings. The van der Waals surface area contributed by atoms with Crippen molar-refractivity contribution in [2.45, 2.75) is 51.0 Å². The zero-order valence-electron chi connectivity index (χ0n) is 10.6. The number of carboxylic acid groups (broad SMARTS) is 1. The molecule has 1 atom stereocenters. The maximum atomic E-state index is 11.7. The van der Waals surface area contributed by atoms with Crippen LogP contribution in [0, 0.1) is 5.41 Å². The summed E-state index contributed by atoms with van der Waals surface area (Å²) in [7, 11) is 0. The molecule has 1 saturated carbocycles. The van der Waals surface area contributed by atoms with Crippen LogP contribution in [0.1, 0.15) is 44.9 Å². The number of carbonyl (C=O) groups excluding carboxylic acids is 1. The standard InChI is InChI=1S/C13H21NO4/c15-11(7-10-3-1-6-18-10)14-9-13(4-2-5-13)8-12(16)17/h10H,1-9H2,(H,14,15)(H,16,17). The van der Waals surface area contributed by atoms with Crippen LogP contribution < -0.4 is 5.32 Å². The molecule has 1 unspecified atom stereocenters. The van der Waals surface area contributed by atoms with E-state index in [0.717, 1.165) is 38.7 Å². The monoisotopic (exact) mass is 255 g/mol. The lowest BCUT2D eigenvalue weighted by atomic mass is 9.66. The number of rotatable bonds is 6. The van der Waals surface area contributed by atoms with Gasteiger partial charge in [-0.15, -0.1) is 0 Å². The minimum absolute atomic E-state index is 0.0152. The van der Waals surface area contributed by atoms with Gasteiger partial charge in [-0.2, -0.15) is 0 Å². The Kier molecular flexibility index (Phi) is 4.22. The molecular formula is C13H21NO4. The average Bonchev–Trinajstić information content (AvgIpc) is 2.74. The molecule has 1 heterocycles. The third kappa shape index (κ3) is 3.45. The van der Waals surface area contributed by atoms with Crippen LogP contribution in [0.25, 0.3) is 0 Å². The predicted molar refractivity (Wildman–Crippen MR) is 65.1 cm³/mol. The highest BCUT2D eigenvalue weighted by Crippen LogP contribution is 2.43. The number of aliphatic carboxylic acids is 1. The quantitative estimate of drug-likeness (QED) is 0.750. The summed E-state index contributed by atoms with van der Waals surface area (Å²) in [6, 6.07) is 0. The highest BCUT2D eigenvalue weighted by atomic mass is 16.5. The highest BCUT2D eigenvalue weighted by Gasteiger charge is 2.39. The van der Waals surface area contributed by atoms with E-state index in [9.17, 15) is 9.59 Å². The number of amides is 1. The Hall–Kier alpha value is -1.10. The van der Waals surface area contributed by atoms with Gasteiger partial charge in [-0.1, -0.05) is 6.42 Å². The molecule has 1 amide bonds. The predicted octanol–water partition coefficient (Wildman–Crippen LogP) is 1.32. The Labute approximate surface area is 107 Å². The summed E-state index contributed by atoms with van der Waals surface area (Å²) in [5.41, 5.74) is -0.196. The first kappa shape index (κ1) is 13.3. The molecule has 1 aliphatic carbocycles. The van der Waals surface area contributed by atoms with Crippen LogP contribution in [0.4, 0.5) is 0 Å². The molecule has 5 nitrogen and oxygen atoms in total. The zero-order valence-corrected chi connectivity index (χ0v) is 10.6. The van der Waals surface area contributed by atoms with Gasteiger partial charge in [0.25, 0.3) is 0 Å². The van der Waals surface area contributed by atoms with Crippen LogP contribution in [-0.4, -0.2) is 36.2 Å². The Bertz CT molecular complexity index is 319. The molecule has 0 radical (unpaired) electrons. The third-order valence-corrected chi connectivity index (χ3v) is 4.04. The molecule has 0 bridgehead atoms. The van der Waals surface area contributed by atoms with Crippen LogP contribution in [0.5, 0.6) is 0 Å². The normalized spacial score (nSPS) is 25.4. The van der Waals surface area contributed by atoms with Crippen molar-refractivity contribution in [1.29, 1.82) is 0 Å². The second-order valence-corrected chi connectivity index (χ2v) is 5.54. The topological polar surface area (TPSA) is 75.6 Å². The summed E-state index contributed by atoms with van der Waals surface area (Å²) in [5, 5.41) is 11.8. The van der Waals surface area contributed by atoms with Crippen molar-refractivity contribution in [2.75, 3.05) is 13.2 Å². The van der Waals surface area contributed by atoms with Gasteiger partial charge in [0.1, 0.15) is 0 Å². The van der Waals surface area contributed by atoms with Gasteiger partial charge in [-0.3, -0.25) is 9.59 Å². The second kappa shape index (κ2) is 5.69. The van der Waals surface area contributed by atoms with Crippen LogP contribution in [-0.2, 0) is 14.3 Å². The van der Waals surface area contributed by atoms with Gasteiger partial charge in [0.15, 0.2) is 0 Å². The van der Waals surface area contributed by atoms with Crippen LogP contribution in [0.15, 0.2) is 0 Å². The summed E-state index contributed by atoms with van der Waals surface area (Å²) < 4.78 is 5.41. The Morgan fingerprint density at radius 3 is 2.61 bits per heavy atom. The number of carboxylic acids is 1. The van der Waals surface area contributed by atoms with Gasteiger partial charge in [0, 0.05) is 13.2 Å². The number of hydrogen-bond acceptors (Lipinski definition) is 3. The molecule has 0 aromatic carbocycles. The van der Waals surface area contributed by atoms with E-state index < -0.39 is 5.97 Å². The molecule has 2 aliphatic rings. The fraction of sp³-hybridized carbons (Fsp3) is 0.846. The van der Waals surface area contributed by atoms with E-state index >= 15 is 0 Å². The fourth-order valence-electron chi connectivity index (χ4n) is 2.78. The summed E-state index contributed by atoms with van der Waals surface area (Å²) in [6.07, 6.45) is 5.47. The average molecular weight is 255 g/mol. The molecule has 2 N–H and O–H groups in total. The highest BCUT2D eigenvalue weighted by molar-refractivity contribution is 5.76. The van der Waals surface area contributed by atoms with E-state index in [4.69, 9.17) is 9.84 Å². The largest absolute Gasteiger partial charge is 0.481 e. The minimum Gasteiger partial charge on any atom is -0.481 e. The molecule has 102 valence electrons. The van der Waals surface area contributed by atoms with Crippen molar-refractivity contribution in [3.8, 4) is 0 Å². The van der Waals surface area contributed by atoms with E-state index in [1.807, 2.05) is 0 Å². The third-order valence-electron chi connectivity index (χ3n) is 4.04. The number of nitrogens with one attached hydrogen (secondary N) is 1. The van der Waals surface area contributed by atoms with Gasteiger partial charge in [-0.25, -0.2) is 0 Å². The van der Waals surface area contributed by atoms with Gasteiger partial charge < -0.3 is 15.2 Å². The van der Waals surface area contributed by atoms with Gasteiger partial charge >= 0.3 is 5.97 Å². The van der Waals surface area contributed by atoms with Crippen LogP contribution in [0.2, 0.25) is 0 Å². The van der Waals surface area contributed by atoms with Gasteiger partial charge in [-0.05, 0) is 31.1 Å². The van der Waals surface area contributed by atoms with Gasteiger partial charge in [0.05, 0.1) is 18.9 Å². The number of hydrogen-bond donors (Lipinski definition) is 2. The van der Waals surface area contributed by atoms with Crippen LogP contribution in [0.3, 0.4) is 0 Å². The van der Waals surface area contributed by atoms with Crippen molar-refractivity contribution in [3.05, 3.63) is 0 Å². The second-order valence-electron chi connectivity index (χ2n) is 5.54. The van der Waals surface area contributed by atoms with Crippen molar-refractivity contribution < 1.29 is 19.4 Å². The first-order valence-corrected chi connectivity index (χ1v) is 6.70. The van der Waals surface area contributed by atoms with E-state index in [2.05, 4.69) is 5.32 Å². The smallest absolute Gasteiger partial charge is 0.303 e. The van der Waals surface area contributed by atoms with E-state index in [0.29, 0.717) is 13.0 Å². The molecule has 1 aliphatic heterocycles. The molecule has 5 heteroatoms. The molecule has 2 fully saturated rings. The summed E-state index contributed by atoms with van der Waals surface area (Å²) >= 11 is 0. The molecule has 18 heavy (non-hydrogen) atoms. The SMILES string of the molecule is O=C(O)CC1(CNC(=O)CC2CCCO2)CCC1. The summed E-state index contributed by atoms with van der Waals surface area (Å²) in [4.78, 5) is 22.5. The summed E-state index contributed by atoms with van der Waals surface area (Å²) in [6.45, 7) is 1.24. The zero-order chi connectivity index (χ0) is 13.0. The molecule has 1 saturated heterocycles. The fourth-order valence-corrected chi connectivity index (χ4v) is 2.78. The Morgan fingerprint density at radius 2 is 2.11 bits per heavy atom. The van der Waals surface area contributed by atoms with Crippen molar-refractivity contribution >= 4 is 11.9 Å². The number of carbonyl (C=O) groups is 2. The molecular weight excluding hydrogens is 234 g/mol. The molecule has 2 rings (SSSR count). The first-order valence-electron chi connectivity index (χ1n) is 6.70. The van der Waals surface area contributed by atoms with E-state index in [-0.39, 0.29) is 23.8 Å². The van der Waals surface area contributed by atoms with Crippen molar-refractivity contribution in [2.24, 2.45) is 5.41 Å². The summed E-state index contributed by atoms with van der Waals surface area (Å²) in [5.74, 6) is -0.790. The maximum absolute atomic E-state index is 11.7. The Balaban J connectivity index is 1.72. The van der Waals surface area contributed by atoms with Crippen molar-refractivity contribution in [1.82, 2.24) is 5.32 Å². The lowest BCUT2D eigenvalue weighted by Crippen LogP contribution is -2.44. The first-order chi connectivity index (χ1) is 8.60. The van der Waals surface area contributed by atoms with E-state index in [1.54, 1.807) is 0 Å². The number of ether oxygens (including phenoxy) is 1. The maximum Gasteiger partial charge on any atom is 0.303 e. The van der Waals surface area contributed by atoms with E-state index in [1.165, 1.54) is 0 Å². The van der Waals surface area contributed by atoms with Crippen LogP contribution >= 0.6 is 0 Å².